The van der Waals surface area contributed by atoms with E-state index in [-0.39, 0.29) is 18.5 Å². The molecule has 160 valence electrons. The van der Waals surface area contributed by atoms with E-state index in [1.165, 1.54) is 57.8 Å². The zero-order chi connectivity index (χ0) is 20.2. The van der Waals surface area contributed by atoms with Gasteiger partial charge in [-0.25, -0.2) is 0 Å². The summed E-state index contributed by atoms with van der Waals surface area (Å²) in [5, 5.41) is 8.75. The number of carboxylic acid groups (broad SMARTS) is 1. The summed E-state index contributed by atoms with van der Waals surface area (Å²) in [5.74, 6) is -0.890. The van der Waals surface area contributed by atoms with Crippen molar-refractivity contribution in [3.05, 3.63) is 0 Å². The van der Waals surface area contributed by atoms with Crippen molar-refractivity contribution in [2.45, 2.75) is 136 Å². The van der Waals surface area contributed by atoms with Crippen molar-refractivity contribution in [3.63, 3.8) is 0 Å². The average molecular weight is 385 g/mol. The van der Waals surface area contributed by atoms with E-state index in [2.05, 4.69) is 13.8 Å². The molecule has 0 amide bonds. The topological polar surface area (TPSA) is 63.6 Å². The van der Waals surface area contributed by atoms with E-state index < -0.39 is 5.97 Å². The van der Waals surface area contributed by atoms with Gasteiger partial charge >= 0.3 is 11.9 Å². The molecule has 0 saturated heterocycles. The number of carboxylic acids is 1. The number of hydrogen-bond acceptors (Lipinski definition) is 3. The van der Waals surface area contributed by atoms with Crippen LogP contribution < -0.4 is 0 Å². The van der Waals surface area contributed by atoms with Gasteiger partial charge in [-0.2, -0.15) is 0 Å². The third-order valence-corrected chi connectivity index (χ3v) is 5.08. The summed E-state index contributed by atoms with van der Waals surface area (Å²) < 4.78 is 5.59. The number of hydrogen-bond donors (Lipinski definition) is 1. The Balaban J connectivity index is 3.65. The van der Waals surface area contributed by atoms with Crippen LogP contribution in [0.15, 0.2) is 0 Å². The van der Waals surface area contributed by atoms with E-state index in [9.17, 15) is 9.59 Å². The Bertz CT molecular complexity index is 354. The fourth-order valence-electron chi connectivity index (χ4n) is 3.35. The molecule has 4 heteroatoms. The molecule has 1 atom stereocenters. The van der Waals surface area contributed by atoms with Crippen molar-refractivity contribution < 1.29 is 19.4 Å². The number of esters is 1. The average Bonchev–Trinajstić information content (AvgIpc) is 2.63. The standard InChI is InChI=1S/C23H44O4/c1-3-5-7-8-9-10-11-12-13-14-15-20-23(26)27-21(17-6-4-2)18-16-19-22(24)25/h21H,3-20H2,1-2H3,(H,24,25). The Morgan fingerprint density at radius 2 is 1.15 bits per heavy atom. The maximum Gasteiger partial charge on any atom is 0.306 e. The van der Waals surface area contributed by atoms with Gasteiger partial charge in [0.25, 0.3) is 0 Å². The van der Waals surface area contributed by atoms with Gasteiger partial charge in [-0.15, -0.1) is 0 Å². The summed E-state index contributed by atoms with van der Waals surface area (Å²) in [6.45, 7) is 4.36. The van der Waals surface area contributed by atoms with Crippen LogP contribution in [0, 0.1) is 0 Å². The van der Waals surface area contributed by atoms with Crippen LogP contribution in [0.2, 0.25) is 0 Å². The summed E-state index contributed by atoms with van der Waals surface area (Å²) >= 11 is 0. The number of ether oxygens (including phenoxy) is 1. The molecule has 4 nitrogen and oxygen atoms in total. The van der Waals surface area contributed by atoms with Gasteiger partial charge in [0.15, 0.2) is 0 Å². The minimum atomic E-state index is -0.781. The van der Waals surface area contributed by atoms with Crippen LogP contribution in [0.4, 0.5) is 0 Å². The highest BCUT2D eigenvalue weighted by molar-refractivity contribution is 5.69. The summed E-state index contributed by atoms with van der Waals surface area (Å²) in [6.07, 6.45) is 18.7. The van der Waals surface area contributed by atoms with E-state index in [4.69, 9.17) is 9.84 Å². The van der Waals surface area contributed by atoms with Crippen molar-refractivity contribution in [2.75, 3.05) is 0 Å². The normalized spacial score (nSPS) is 12.1. The van der Waals surface area contributed by atoms with E-state index in [0.717, 1.165) is 32.1 Å². The zero-order valence-corrected chi connectivity index (χ0v) is 18.0. The largest absolute Gasteiger partial charge is 0.481 e. The van der Waals surface area contributed by atoms with Gasteiger partial charge in [0, 0.05) is 12.8 Å². The predicted molar refractivity (Wildman–Crippen MR) is 112 cm³/mol. The molecule has 0 aromatic carbocycles. The number of carbonyl (C=O) groups excluding carboxylic acids is 1. The van der Waals surface area contributed by atoms with Gasteiger partial charge in [-0.1, -0.05) is 90.9 Å². The van der Waals surface area contributed by atoms with Crippen LogP contribution in [0.25, 0.3) is 0 Å². The fraction of sp³-hybridized carbons (Fsp3) is 0.913. The number of carbonyl (C=O) groups is 2. The molecule has 0 saturated carbocycles. The van der Waals surface area contributed by atoms with Gasteiger partial charge in [0.05, 0.1) is 0 Å². The van der Waals surface area contributed by atoms with Crippen LogP contribution >= 0.6 is 0 Å². The molecule has 1 unspecified atom stereocenters. The highest BCUT2D eigenvalue weighted by atomic mass is 16.5. The first-order valence-electron chi connectivity index (χ1n) is 11.5. The summed E-state index contributed by atoms with van der Waals surface area (Å²) in [5.41, 5.74) is 0. The molecule has 0 aliphatic rings. The number of unbranched alkanes of at least 4 members (excludes halogenated alkanes) is 11. The molecule has 0 aromatic rings. The van der Waals surface area contributed by atoms with E-state index >= 15 is 0 Å². The van der Waals surface area contributed by atoms with Crippen molar-refractivity contribution in [2.24, 2.45) is 0 Å². The van der Waals surface area contributed by atoms with Crippen molar-refractivity contribution in [1.29, 1.82) is 0 Å². The number of aliphatic carboxylic acids is 1. The highest BCUT2D eigenvalue weighted by Gasteiger charge is 2.14. The Hall–Kier alpha value is -1.06. The Morgan fingerprint density at radius 1 is 0.667 bits per heavy atom. The van der Waals surface area contributed by atoms with E-state index in [0.29, 0.717) is 19.3 Å². The molecule has 0 rings (SSSR count). The molecular formula is C23H44O4. The summed E-state index contributed by atoms with van der Waals surface area (Å²) in [7, 11) is 0. The first-order valence-corrected chi connectivity index (χ1v) is 11.5. The second kappa shape index (κ2) is 19.7. The SMILES string of the molecule is CCCCCCCCCCCCCC(=O)OC(CCCC)CCCC(=O)O. The Labute approximate surface area is 167 Å². The monoisotopic (exact) mass is 384 g/mol. The number of rotatable bonds is 20. The summed E-state index contributed by atoms with van der Waals surface area (Å²) in [6, 6.07) is 0. The van der Waals surface area contributed by atoms with Gasteiger partial charge < -0.3 is 9.84 Å². The van der Waals surface area contributed by atoms with Crippen LogP contribution in [-0.2, 0) is 14.3 Å². The first-order chi connectivity index (χ1) is 13.1. The van der Waals surface area contributed by atoms with Crippen LogP contribution in [0.1, 0.15) is 129 Å². The smallest absolute Gasteiger partial charge is 0.306 e. The van der Waals surface area contributed by atoms with E-state index in [1.807, 2.05) is 0 Å². The van der Waals surface area contributed by atoms with Gasteiger partial charge in [0.1, 0.15) is 6.10 Å². The Morgan fingerprint density at radius 3 is 1.67 bits per heavy atom. The predicted octanol–water partition coefficient (Wildman–Crippen LogP) is 7.04. The summed E-state index contributed by atoms with van der Waals surface area (Å²) in [4.78, 5) is 22.7. The van der Waals surface area contributed by atoms with Crippen LogP contribution in [0.5, 0.6) is 0 Å². The second-order valence-corrected chi connectivity index (χ2v) is 7.83. The highest BCUT2D eigenvalue weighted by Crippen LogP contribution is 2.15. The van der Waals surface area contributed by atoms with Crippen LogP contribution in [-0.4, -0.2) is 23.1 Å². The molecule has 0 bridgehead atoms. The minimum Gasteiger partial charge on any atom is -0.481 e. The molecule has 0 aliphatic carbocycles. The second-order valence-electron chi connectivity index (χ2n) is 7.83. The van der Waals surface area contributed by atoms with Crippen molar-refractivity contribution in [1.82, 2.24) is 0 Å². The van der Waals surface area contributed by atoms with Crippen LogP contribution in [0.3, 0.4) is 0 Å². The van der Waals surface area contributed by atoms with Gasteiger partial charge in [-0.3, -0.25) is 9.59 Å². The lowest BCUT2D eigenvalue weighted by Crippen LogP contribution is -2.18. The van der Waals surface area contributed by atoms with Gasteiger partial charge in [0.2, 0.25) is 0 Å². The molecule has 0 aliphatic heterocycles. The minimum absolute atomic E-state index is 0.107. The first kappa shape index (κ1) is 25.9. The van der Waals surface area contributed by atoms with Crippen molar-refractivity contribution in [3.8, 4) is 0 Å². The van der Waals surface area contributed by atoms with E-state index in [1.54, 1.807) is 0 Å². The Kier molecular flexibility index (Phi) is 18.9. The third kappa shape index (κ3) is 19.5. The van der Waals surface area contributed by atoms with Gasteiger partial charge in [-0.05, 0) is 25.7 Å². The molecule has 27 heavy (non-hydrogen) atoms. The molecule has 0 fully saturated rings. The fourth-order valence-corrected chi connectivity index (χ4v) is 3.35. The lowest BCUT2D eigenvalue weighted by molar-refractivity contribution is -0.150. The lowest BCUT2D eigenvalue weighted by Gasteiger charge is -2.17. The molecular weight excluding hydrogens is 340 g/mol. The molecule has 0 spiro atoms. The molecule has 1 N–H and O–H groups in total. The maximum atomic E-state index is 12.0. The lowest BCUT2D eigenvalue weighted by atomic mass is 10.0. The van der Waals surface area contributed by atoms with Crippen molar-refractivity contribution >= 4 is 11.9 Å². The third-order valence-electron chi connectivity index (χ3n) is 5.08. The molecule has 0 heterocycles. The zero-order valence-electron chi connectivity index (χ0n) is 18.0. The molecule has 0 radical (unpaired) electrons. The molecule has 0 aromatic heterocycles. The maximum absolute atomic E-state index is 12.0. The quantitative estimate of drug-likeness (QED) is 0.180.